The van der Waals surface area contributed by atoms with Crippen LogP contribution >= 0.6 is 0 Å². The third kappa shape index (κ3) is 6800. The fourth-order valence-corrected chi connectivity index (χ4v) is 0. The van der Waals surface area contributed by atoms with Gasteiger partial charge in [-0.2, -0.15) is 0 Å². The monoisotopic (exact) mass is 128 g/mol. The van der Waals surface area contributed by atoms with Gasteiger partial charge in [0.25, 0.3) is 5.97 Å². The van der Waals surface area contributed by atoms with E-state index in [1.807, 2.05) is 0 Å². The van der Waals surface area contributed by atoms with Crippen molar-refractivity contribution < 1.29 is 24.0 Å². The Bertz CT molecular complexity index is 38.3. The molecular weight excluding hydrogens is 120 g/mol. The fourth-order valence-electron chi connectivity index (χ4n) is 0. The summed E-state index contributed by atoms with van der Waals surface area (Å²) in [5.74, 6) is -0.833. The van der Waals surface area contributed by atoms with E-state index in [1.54, 1.807) is 0 Å². The van der Waals surface area contributed by atoms with Crippen LogP contribution in [0.2, 0.25) is 0 Å². The first kappa shape index (κ1) is 45.3. The summed E-state index contributed by atoms with van der Waals surface area (Å²) in [6.45, 7) is 1.08. The van der Waals surface area contributed by atoms with Gasteiger partial charge in [0.2, 0.25) is 0 Å². The molecule has 0 aliphatic carbocycles. The molecule has 0 bridgehead atoms. The number of carboxylic acids is 1. The van der Waals surface area contributed by atoms with Crippen molar-refractivity contribution in [3.63, 3.8) is 0 Å². The van der Waals surface area contributed by atoms with Gasteiger partial charge in [0.05, 0.1) is 0 Å². The molecule has 0 atom stereocenters. The summed E-state index contributed by atoms with van der Waals surface area (Å²) in [5, 5.41) is 7.42. The quantitative estimate of drug-likeness (QED) is 0.462. The zero-order chi connectivity index (χ0) is 3.58. The first-order chi connectivity index (χ1) is 1.73. The van der Waals surface area contributed by atoms with E-state index in [2.05, 4.69) is 0 Å². The SMILES string of the molecule is CC(=O)O.F.F.F.[LiH]. The van der Waals surface area contributed by atoms with Gasteiger partial charge in [-0.15, -0.1) is 0 Å². The Morgan fingerprint density at radius 3 is 1.25 bits per heavy atom. The van der Waals surface area contributed by atoms with Crippen LogP contribution in [0.4, 0.5) is 14.1 Å². The van der Waals surface area contributed by atoms with Crippen molar-refractivity contribution in [1.82, 2.24) is 0 Å². The van der Waals surface area contributed by atoms with E-state index >= 15 is 0 Å². The average Bonchev–Trinajstić information content (AvgIpc) is 0.811. The molecule has 0 amide bonds. The van der Waals surface area contributed by atoms with Crippen molar-refractivity contribution in [1.29, 1.82) is 0 Å². The maximum atomic E-state index is 9.00. The predicted molar refractivity (Wildman–Crippen MR) is 28.0 cm³/mol. The summed E-state index contributed by atoms with van der Waals surface area (Å²) >= 11 is 0. The predicted octanol–water partition coefficient (Wildman–Crippen LogP) is -0.100. The third-order valence-electron chi connectivity index (χ3n) is 0. The summed E-state index contributed by atoms with van der Waals surface area (Å²) < 4.78 is 0. The van der Waals surface area contributed by atoms with Crippen LogP contribution in [0.1, 0.15) is 6.92 Å². The molecule has 0 spiro atoms. The van der Waals surface area contributed by atoms with Gasteiger partial charge in [-0.1, -0.05) is 0 Å². The third-order valence-corrected chi connectivity index (χ3v) is 0. The zero-order valence-electron chi connectivity index (χ0n) is 3.58. The fraction of sp³-hybridized carbons (Fsp3) is 0.500. The van der Waals surface area contributed by atoms with Crippen molar-refractivity contribution in [2.75, 3.05) is 0 Å². The van der Waals surface area contributed by atoms with Crippen LogP contribution in [0.3, 0.4) is 0 Å². The van der Waals surface area contributed by atoms with Crippen LogP contribution in [0.25, 0.3) is 0 Å². The summed E-state index contributed by atoms with van der Waals surface area (Å²) in [6, 6.07) is 0. The second-order valence-corrected chi connectivity index (χ2v) is 0.519. The van der Waals surface area contributed by atoms with Crippen LogP contribution in [-0.2, 0) is 4.79 Å². The van der Waals surface area contributed by atoms with Crippen molar-refractivity contribution in [3.8, 4) is 0 Å². The maximum absolute atomic E-state index is 9.00. The molecular formula is C2H8F3LiO2. The Hall–Kier alpha value is -0.143. The van der Waals surface area contributed by atoms with Gasteiger partial charge in [0.15, 0.2) is 0 Å². The Morgan fingerprint density at radius 1 is 1.25 bits per heavy atom. The molecule has 0 fully saturated rings. The number of aliphatic carboxylic acids is 1. The van der Waals surface area contributed by atoms with Gasteiger partial charge in [-0.25, -0.2) is 0 Å². The topological polar surface area (TPSA) is 37.3 Å². The number of carbonyl (C=O) groups is 1. The second kappa shape index (κ2) is 28.8. The average molecular weight is 128 g/mol. The molecule has 2 nitrogen and oxygen atoms in total. The minimum atomic E-state index is -0.833. The molecule has 0 rings (SSSR count). The molecule has 0 aromatic heterocycles. The molecule has 0 aliphatic rings. The summed E-state index contributed by atoms with van der Waals surface area (Å²) in [6.07, 6.45) is 0. The van der Waals surface area contributed by atoms with Gasteiger partial charge >= 0.3 is 18.9 Å². The Kier molecular flexibility index (Phi) is 163. The van der Waals surface area contributed by atoms with Crippen LogP contribution in [-0.4, -0.2) is 29.9 Å². The molecule has 0 heterocycles. The molecule has 8 heavy (non-hydrogen) atoms. The molecule has 1 N–H and O–H groups in total. The number of hydrogen-bond acceptors (Lipinski definition) is 1. The van der Waals surface area contributed by atoms with Gasteiger partial charge in [0.1, 0.15) is 0 Å². The van der Waals surface area contributed by atoms with Crippen molar-refractivity contribution >= 4 is 24.8 Å². The second-order valence-electron chi connectivity index (χ2n) is 0.519. The molecule has 0 saturated carbocycles. The van der Waals surface area contributed by atoms with E-state index in [1.165, 1.54) is 0 Å². The molecule has 0 aromatic rings. The standard InChI is InChI=1S/C2H4O2.3FH.Li.H/c1-2(3)4;;;;;/h1H3,(H,3,4);3*1H;;. The molecule has 0 aromatic carbocycles. The van der Waals surface area contributed by atoms with Gasteiger partial charge < -0.3 is 5.11 Å². The zero-order valence-corrected chi connectivity index (χ0v) is 3.58. The first-order valence-electron chi connectivity index (χ1n) is 0.928. The Balaban J connectivity index is -0.00000000750. The van der Waals surface area contributed by atoms with E-state index < -0.39 is 5.97 Å². The Labute approximate surface area is 56.5 Å². The van der Waals surface area contributed by atoms with Gasteiger partial charge in [-0.05, 0) is 0 Å². The van der Waals surface area contributed by atoms with Crippen molar-refractivity contribution in [2.24, 2.45) is 0 Å². The van der Waals surface area contributed by atoms with Crippen molar-refractivity contribution in [2.45, 2.75) is 6.92 Å². The summed E-state index contributed by atoms with van der Waals surface area (Å²) in [5.41, 5.74) is 0. The number of carboxylic acid groups (broad SMARTS) is 1. The molecule has 0 radical (unpaired) electrons. The number of rotatable bonds is 0. The molecule has 0 saturated heterocycles. The summed E-state index contributed by atoms with van der Waals surface area (Å²) in [4.78, 5) is 9.00. The van der Waals surface area contributed by atoms with E-state index in [0.717, 1.165) is 6.92 Å². The van der Waals surface area contributed by atoms with Crippen LogP contribution in [0.5, 0.6) is 0 Å². The van der Waals surface area contributed by atoms with E-state index in [4.69, 9.17) is 9.90 Å². The molecule has 50 valence electrons. The summed E-state index contributed by atoms with van der Waals surface area (Å²) in [7, 11) is 0. The number of halogens is 3. The van der Waals surface area contributed by atoms with Crippen molar-refractivity contribution in [3.05, 3.63) is 0 Å². The van der Waals surface area contributed by atoms with Crippen LogP contribution < -0.4 is 0 Å². The van der Waals surface area contributed by atoms with Gasteiger partial charge in [-0.3, -0.25) is 18.9 Å². The van der Waals surface area contributed by atoms with E-state index in [0.29, 0.717) is 0 Å². The number of hydrogen-bond donors (Lipinski definition) is 1. The van der Waals surface area contributed by atoms with Crippen LogP contribution in [0, 0.1) is 0 Å². The minimum absolute atomic E-state index is 0. The molecule has 0 unspecified atom stereocenters. The first-order valence-corrected chi connectivity index (χ1v) is 0.928. The van der Waals surface area contributed by atoms with E-state index in [-0.39, 0.29) is 33.0 Å². The van der Waals surface area contributed by atoms with Gasteiger partial charge in [0, 0.05) is 6.92 Å². The van der Waals surface area contributed by atoms with Crippen LogP contribution in [0.15, 0.2) is 0 Å². The molecule has 6 heteroatoms. The normalized spacial score (nSPS) is 3.12. The molecule has 0 aliphatic heterocycles. The Morgan fingerprint density at radius 2 is 1.25 bits per heavy atom. The van der Waals surface area contributed by atoms with E-state index in [9.17, 15) is 0 Å².